The zero-order valence-corrected chi connectivity index (χ0v) is 13.1. The number of esters is 1. The van der Waals surface area contributed by atoms with Gasteiger partial charge in [-0.25, -0.2) is 0 Å². The van der Waals surface area contributed by atoms with Gasteiger partial charge in [0.2, 0.25) is 0 Å². The van der Waals surface area contributed by atoms with E-state index in [1.54, 1.807) is 30.3 Å². The van der Waals surface area contributed by atoms with Gasteiger partial charge in [0.1, 0.15) is 18.5 Å². The number of azide groups is 1. The molecule has 0 saturated heterocycles. The molecule has 0 spiro atoms. The smallest absolute Gasteiger partial charge is 0.319 e. The number of hydrogen-bond donors (Lipinski definition) is 0. The first kappa shape index (κ1) is 16.9. The molecule has 1 aromatic carbocycles. The molecule has 0 radical (unpaired) electrons. The largest absolute Gasteiger partial charge is 0.490 e. The van der Waals surface area contributed by atoms with E-state index < -0.39 is 12.0 Å². The summed E-state index contributed by atoms with van der Waals surface area (Å²) in [6, 6.07) is 5.94. The molecule has 6 nitrogen and oxygen atoms in total. The van der Waals surface area contributed by atoms with E-state index in [0.29, 0.717) is 17.9 Å². The van der Waals surface area contributed by atoms with Gasteiger partial charge in [-0.1, -0.05) is 36.3 Å². The maximum atomic E-state index is 12.4. The van der Waals surface area contributed by atoms with Crippen molar-refractivity contribution in [2.24, 2.45) is 5.11 Å². The molecule has 1 unspecified atom stereocenters. The Hall–Kier alpha value is -2.46. The third-order valence-electron chi connectivity index (χ3n) is 3.77. The highest BCUT2D eigenvalue weighted by molar-refractivity contribution is 5.78. The standard InChI is InChI=1S/C17H21N3O3/c1-2-11-22-15-10-6-7-13(12-15)16(19-20-18)17(21)23-14-8-4-3-5-9-14/h2,6-7,10,12,14,16H,1,3-5,8-9,11H2. The van der Waals surface area contributed by atoms with E-state index in [9.17, 15) is 4.79 Å². The molecule has 1 aliphatic carbocycles. The molecule has 1 saturated carbocycles. The first-order chi connectivity index (χ1) is 11.2. The van der Waals surface area contributed by atoms with Crippen molar-refractivity contribution in [2.45, 2.75) is 44.2 Å². The molecule has 23 heavy (non-hydrogen) atoms. The topological polar surface area (TPSA) is 84.3 Å². The van der Waals surface area contributed by atoms with Crippen molar-refractivity contribution in [3.63, 3.8) is 0 Å². The number of hydrogen-bond acceptors (Lipinski definition) is 4. The van der Waals surface area contributed by atoms with Crippen LogP contribution >= 0.6 is 0 Å². The predicted molar refractivity (Wildman–Crippen MR) is 87.0 cm³/mol. The molecule has 1 aliphatic rings. The Labute approximate surface area is 135 Å². The fraction of sp³-hybridized carbons (Fsp3) is 0.471. The number of carbonyl (C=O) groups excluding carboxylic acids is 1. The van der Waals surface area contributed by atoms with Crippen LogP contribution in [-0.4, -0.2) is 18.7 Å². The molecule has 122 valence electrons. The van der Waals surface area contributed by atoms with Gasteiger partial charge in [-0.2, -0.15) is 0 Å². The van der Waals surface area contributed by atoms with Gasteiger partial charge in [0.25, 0.3) is 0 Å². The summed E-state index contributed by atoms with van der Waals surface area (Å²) < 4.78 is 11.0. The lowest BCUT2D eigenvalue weighted by Crippen LogP contribution is -2.24. The third-order valence-corrected chi connectivity index (χ3v) is 3.77. The fourth-order valence-corrected chi connectivity index (χ4v) is 2.64. The summed E-state index contributed by atoms with van der Waals surface area (Å²) in [5.41, 5.74) is 9.33. The summed E-state index contributed by atoms with van der Waals surface area (Å²) in [4.78, 5) is 15.2. The van der Waals surface area contributed by atoms with Gasteiger partial charge in [-0.05, 0) is 48.9 Å². The molecular formula is C17H21N3O3. The second-order valence-corrected chi connectivity index (χ2v) is 5.48. The second-order valence-electron chi connectivity index (χ2n) is 5.48. The molecule has 0 bridgehead atoms. The summed E-state index contributed by atoms with van der Waals surface area (Å²) in [5, 5.41) is 3.61. The minimum Gasteiger partial charge on any atom is -0.490 e. The Morgan fingerprint density at radius 2 is 2.22 bits per heavy atom. The van der Waals surface area contributed by atoms with Crippen LogP contribution in [0.3, 0.4) is 0 Å². The molecule has 0 aliphatic heterocycles. The van der Waals surface area contributed by atoms with Crippen LogP contribution in [0.4, 0.5) is 0 Å². The normalized spacial score (nSPS) is 16.0. The molecule has 0 heterocycles. The Morgan fingerprint density at radius 3 is 2.91 bits per heavy atom. The van der Waals surface area contributed by atoms with E-state index in [1.165, 1.54) is 6.42 Å². The number of rotatable bonds is 7. The first-order valence-corrected chi connectivity index (χ1v) is 7.83. The number of nitrogens with zero attached hydrogens (tertiary/aromatic N) is 3. The van der Waals surface area contributed by atoms with Gasteiger partial charge >= 0.3 is 5.97 Å². The average Bonchev–Trinajstić information content (AvgIpc) is 2.59. The minimum atomic E-state index is -0.991. The molecule has 0 N–H and O–H groups in total. The van der Waals surface area contributed by atoms with Gasteiger partial charge < -0.3 is 9.47 Å². The number of carbonyl (C=O) groups is 1. The van der Waals surface area contributed by atoms with Gasteiger partial charge in [0, 0.05) is 4.91 Å². The average molecular weight is 315 g/mol. The lowest BCUT2D eigenvalue weighted by Gasteiger charge is -2.23. The van der Waals surface area contributed by atoms with E-state index >= 15 is 0 Å². The van der Waals surface area contributed by atoms with Gasteiger partial charge in [0.05, 0.1) is 0 Å². The van der Waals surface area contributed by atoms with Crippen molar-refractivity contribution in [3.05, 3.63) is 52.9 Å². The van der Waals surface area contributed by atoms with Gasteiger partial charge in [-0.15, -0.1) is 0 Å². The Kier molecular flexibility index (Phi) is 6.51. The van der Waals surface area contributed by atoms with Gasteiger partial charge in [-0.3, -0.25) is 4.79 Å². The van der Waals surface area contributed by atoms with E-state index in [-0.39, 0.29) is 6.10 Å². The van der Waals surface area contributed by atoms with Crippen molar-refractivity contribution in [1.29, 1.82) is 0 Å². The highest BCUT2D eigenvalue weighted by Gasteiger charge is 2.25. The lowest BCUT2D eigenvalue weighted by molar-refractivity contribution is -0.152. The van der Waals surface area contributed by atoms with E-state index in [4.69, 9.17) is 15.0 Å². The second kappa shape index (κ2) is 8.86. The number of benzene rings is 1. The molecule has 1 fully saturated rings. The van der Waals surface area contributed by atoms with Crippen LogP contribution in [-0.2, 0) is 9.53 Å². The van der Waals surface area contributed by atoms with E-state index in [2.05, 4.69) is 16.6 Å². The van der Waals surface area contributed by atoms with Crippen LogP contribution in [0.1, 0.15) is 43.7 Å². The van der Waals surface area contributed by atoms with Crippen LogP contribution in [0.5, 0.6) is 5.75 Å². The van der Waals surface area contributed by atoms with Crippen molar-refractivity contribution in [1.82, 2.24) is 0 Å². The third kappa shape index (κ3) is 5.04. The lowest BCUT2D eigenvalue weighted by atomic mass is 9.97. The molecule has 2 rings (SSSR count). The molecule has 0 amide bonds. The summed E-state index contributed by atoms with van der Waals surface area (Å²) in [5.74, 6) is 0.0848. The SMILES string of the molecule is C=CCOc1cccc(C(N=[N+]=[N-])C(=O)OC2CCCCC2)c1. The molecular weight excluding hydrogens is 294 g/mol. The zero-order chi connectivity index (χ0) is 16.5. The summed E-state index contributed by atoms with van der Waals surface area (Å²) in [6.45, 7) is 3.95. The molecule has 6 heteroatoms. The summed E-state index contributed by atoms with van der Waals surface area (Å²) in [6.07, 6.45) is 6.61. The maximum absolute atomic E-state index is 12.4. The van der Waals surface area contributed by atoms with Crippen LogP contribution in [0.25, 0.3) is 10.4 Å². The van der Waals surface area contributed by atoms with E-state index in [1.807, 2.05) is 0 Å². The monoisotopic (exact) mass is 315 g/mol. The quantitative estimate of drug-likeness (QED) is 0.244. The van der Waals surface area contributed by atoms with Crippen molar-refractivity contribution in [2.75, 3.05) is 6.61 Å². The fourth-order valence-electron chi connectivity index (χ4n) is 2.64. The van der Waals surface area contributed by atoms with Gasteiger partial charge in [0.15, 0.2) is 6.04 Å². The van der Waals surface area contributed by atoms with E-state index in [0.717, 1.165) is 25.7 Å². The molecule has 1 aromatic rings. The maximum Gasteiger partial charge on any atom is 0.319 e. The Bertz CT molecular complexity index is 591. The summed E-state index contributed by atoms with van der Waals surface area (Å²) >= 11 is 0. The van der Waals surface area contributed by atoms with Crippen molar-refractivity contribution >= 4 is 5.97 Å². The Morgan fingerprint density at radius 1 is 1.43 bits per heavy atom. The minimum absolute atomic E-state index is 0.0761. The van der Waals surface area contributed by atoms with Crippen LogP contribution in [0.2, 0.25) is 0 Å². The summed E-state index contributed by atoms with van der Waals surface area (Å²) in [7, 11) is 0. The zero-order valence-electron chi connectivity index (χ0n) is 13.1. The predicted octanol–water partition coefficient (Wildman–Crippen LogP) is 4.48. The number of ether oxygens (including phenoxy) is 2. The molecule has 0 aromatic heterocycles. The van der Waals surface area contributed by atoms with Crippen molar-refractivity contribution in [3.8, 4) is 5.75 Å². The highest BCUT2D eigenvalue weighted by atomic mass is 16.5. The Balaban J connectivity index is 2.11. The highest BCUT2D eigenvalue weighted by Crippen LogP contribution is 2.27. The van der Waals surface area contributed by atoms with Crippen LogP contribution < -0.4 is 4.74 Å². The first-order valence-electron chi connectivity index (χ1n) is 7.83. The van der Waals surface area contributed by atoms with Crippen LogP contribution in [0.15, 0.2) is 42.0 Å². The molecule has 1 atom stereocenters. The van der Waals surface area contributed by atoms with Crippen molar-refractivity contribution < 1.29 is 14.3 Å². The van der Waals surface area contributed by atoms with Crippen LogP contribution in [0, 0.1) is 0 Å².